The summed E-state index contributed by atoms with van der Waals surface area (Å²) in [7, 11) is 0. The van der Waals surface area contributed by atoms with E-state index in [0.717, 1.165) is 5.69 Å². The summed E-state index contributed by atoms with van der Waals surface area (Å²) in [5.74, 6) is -0.301. The monoisotopic (exact) mass is 241 g/mol. The number of carbonyl (C=O) groups excluding carboxylic acids is 1. The number of rotatable bonds is 1. The molecule has 1 atom stereocenters. The minimum Gasteiger partial charge on any atom is -0.311 e. The van der Waals surface area contributed by atoms with Gasteiger partial charge in [0.1, 0.15) is 11.2 Å². The number of hydrogen-bond donors (Lipinski definition) is 0. The molecule has 2 nitrogen and oxygen atoms in total. The molecule has 1 fully saturated rings. The number of alkyl halides is 1. The van der Waals surface area contributed by atoms with Crippen LogP contribution in [0.4, 0.5) is 10.1 Å². The highest BCUT2D eigenvalue weighted by Gasteiger charge is 2.31. The van der Waals surface area contributed by atoms with E-state index in [4.69, 9.17) is 11.6 Å². The van der Waals surface area contributed by atoms with Gasteiger partial charge in [-0.05, 0) is 43.5 Å². The highest BCUT2D eigenvalue weighted by atomic mass is 35.5. The Hall–Kier alpha value is -1.09. The SMILES string of the molecule is Cc1cc(N2CCC(Cl)C2=O)cc(C)c1F. The molecule has 4 heteroatoms. The van der Waals surface area contributed by atoms with Gasteiger partial charge in [-0.3, -0.25) is 4.79 Å². The van der Waals surface area contributed by atoms with Crippen LogP contribution in [0.1, 0.15) is 17.5 Å². The molecular formula is C12H13ClFNO. The molecule has 1 heterocycles. The molecule has 0 aromatic heterocycles. The van der Waals surface area contributed by atoms with E-state index in [1.807, 2.05) is 0 Å². The Morgan fingerprint density at radius 1 is 1.38 bits per heavy atom. The molecule has 0 saturated carbocycles. The summed E-state index contributed by atoms with van der Waals surface area (Å²) in [5.41, 5.74) is 1.85. The second kappa shape index (κ2) is 4.06. The molecule has 1 aromatic rings. The molecule has 1 unspecified atom stereocenters. The van der Waals surface area contributed by atoms with Gasteiger partial charge in [0.25, 0.3) is 0 Å². The lowest BCUT2D eigenvalue weighted by atomic mass is 10.1. The van der Waals surface area contributed by atoms with Crippen molar-refractivity contribution in [3.63, 3.8) is 0 Å². The van der Waals surface area contributed by atoms with E-state index < -0.39 is 5.38 Å². The summed E-state index contributed by atoms with van der Waals surface area (Å²) in [6, 6.07) is 3.38. The zero-order chi connectivity index (χ0) is 11.9. The van der Waals surface area contributed by atoms with Crippen LogP contribution in [-0.4, -0.2) is 17.8 Å². The van der Waals surface area contributed by atoms with E-state index in [-0.39, 0.29) is 11.7 Å². The lowest BCUT2D eigenvalue weighted by Crippen LogP contribution is -2.27. The van der Waals surface area contributed by atoms with Crippen LogP contribution in [0.3, 0.4) is 0 Å². The molecule has 86 valence electrons. The Kier molecular flexibility index (Phi) is 2.89. The van der Waals surface area contributed by atoms with Crippen LogP contribution in [0, 0.1) is 19.7 Å². The number of carbonyl (C=O) groups is 1. The van der Waals surface area contributed by atoms with Crippen LogP contribution in [0.5, 0.6) is 0 Å². The molecule has 1 aliphatic heterocycles. The Balaban J connectivity index is 2.39. The van der Waals surface area contributed by atoms with Crippen LogP contribution in [0.2, 0.25) is 0 Å². The highest BCUT2D eigenvalue weighted by Crippen LogP contribution is 2.27. The first-order valence-electron chi connectivity index (χ1n) is 5.23. The summed E-state index contributed by atoms with van der Waals surface area (Å²) in [5, 5.41) is -0.439. The predicted octanol–water partition coefficient (Wildman–Crippen LogP) is 2.79. The summed E-state index contributed by atoms with van der Waals surface area (Å²) < 4.78 is 13.4. The highest BCUT2D eigenvalue weighted by molar-refractivity contribution is 6.33. The van der Waals surface area contributed by atoms with E-state index in [9.17, 15) is 9.18 Å². The standard InChI is InChI=1S/C12H13ClFNO/c1-7-5-9(6-8(2)11(7)14)15-4-3-10(13)12(15)16/h5-6,10H,3-4H2,1-2H3. The van der Waals surface area contributed by atoms with Crippen LogP contribution in [0.15, 0.2) is 12.1 Å². The molecule has 1 saturated heterocycles. The van der Waals surface area contributed by atoms with E-state index >= 15 is 0 Å². The molecule has 0 aliphatic carbocycles. The third kappa shape index (κ3) is 1.80. The number of benzene rings is 1. The van der Waals surface area contributed by atoms with Gasteiger partial charge in [-0.15, -0.1) is 11.6 Å². The van der Waals surface area contributed by atoms with Crippen LogP contribution in [-0.2, 0) is 4.79 Å². The van der Waals surface area contributed by atoms with Gasteiger partial charge in [-0.1, -0.05) is 0 Å². The van der Waals surface area contributed by atoms with Gasteiger partial charge in [0.05, 0.1) is 0 Å². The maximum absolute atomic E-state index is 13.4. The maximum atomic E-state index is 13.4. The van der Waals surface area contributed by atoms with Gasteiger partial charge >= 0.3 is 0 Å². The van der Waals surface area contributed by atoms with Crippen LogP contribution in [0.25, 0.3) is 0 Å². The van der Waals surface area contributed by atoms with Crippen molar-refractivity contribution >= 4 is 23.2 Å². The average Bonchev–Trinajstić information content (AvgIpc) is 2.56. The van der Waals surface area contributed by atoms with Gasteiger partial charge in [-0.2, -0.15) is 0 Å². The number of aryl methyl sites for hydroxylation is 2. The number of nitrogens with zero attached hydrogens (tertiary/aromatic N) is 1. The Labute approximate surface area is 99.0 Å². The van der Waals surface area contributed by atoms with E-state index in [2.05, 4.69) is 0 Å². The third-order valence-corrected chi connectivity index (χ3v) is 3.28. The molecule has 1 amide bonds. The van der Waals surface area contributed by atoms with Crippen molar-refractivity contribution in [1.29, 1.82) is 0 Å². The fourth-order valence-corrected chi connectivity index (χ4v) is 2.20. The normalized spacial score (nSPS) is 20.6. The molecule has 0 N–H and O–H groups in total. The predicted molar refractivity (Wildman–Crippen MR) is 62.5 cm³/mol. The van der Waals surface area contributed by atoms with Crippen LogP contribution >= 0.6 is 11.6 Å². The van der Waals surface area contributed by atoms with Gasteiger partial charge in [0.15, 0.2) is 0 Å². The van der Waals surface area contributed by atoms with Crippen molar-refractivity contribution in [2.45, 2.75) is 25.6 Å². The minimum atomic E-state index is -0.439. The number of amides is 1. The fourth-order valence-electron chi connectivity index (χ4n) is 1.98. The average molecular weight is 242 g/mol. The van der Waals surface area contributed by atoms with Gasteiger partial charge < -0.3 is 4.90 Å². The Bertz CT molecular complexity index is 424. The molecule has 1 aliphatic rings. The molecule has 2 rings (SSSR count). The molecule has 0 spiro atoms. The maximum Gasteiger partial charge on any atom is 0.245 e. The molecule has 0 radical (unpaired) electrons. The van der Waals surface area contributed by atoms with Crippen molar-refractivity contribution in [2.24, 2.45) is 0 Å². The quantitative estimate of drug-likeness (QED) is 0.693. The van der Waals surface area contributed by atoms with Crippen molar-refractivity contribution < 1.29 is 9.18 Å². The minimum absolute atomic E-state index is 0.0907. The van der Waals surface area contributed by atoms with Gasteiger partial charge in [0.2, 0.25) is 5.91 Å². The Morgan fingerprint density at radius 2 is 1.94 bits per heavy atom. The van der Waals surface area contributed by atoms with Crippen molar-refractivity contribution in [3.8, 4) is 0 Å². The third-order valence-electron chi connectivity index (χ3n) is 2.87. The van der Waals surface area contributed by atoms with Gasteiger partial charge in [-0.25, -0.2) is 4.39 Å². The molecule has 1 aromatic carbocycles. The largest absolute Gasteiger partial charge is 0.311 e. The van der Waals surface area contributed by atoms with Gasteiger partial charge in [0, 0.05) is 12.2 Å². The zero-order valence-corrected chi connectivity index (χ0v) is 10.0. The van der Waals surface area contributed by atoms with Crippen molar-refractivity contribution in [1.82, 2.24) is 0 Å². The lowest BCUT2D eigenvalue weighted by molar-refractivity contribution is -0.116. The zero-order valence-electron chi connectivity index (χ0n) is 9.26. The summed E-state index contributed by atoms with van der Waals surface area (Å²) in [6.07, 6.45) is 0.649. The number of anilines is 1. The second-order valence-electron chi connectivity index (χ2n) is 4.14. The van der Waals surface area contributed by atoms with Crippen LogP contribution < -0.4 is 4.90 Å². The topological polar surface area (TPSA) is 20.3 Å². The summed E-state index contributed by atoms with van der Waals surface area (Å²) in [6.45, 7) is 4.01. The number of hydrogen-bond acceptors (Lipinski definition) is 1. The first kappa shape index (κ1) is 11.4. The Morgan fingerprint density at radius 3 is 2.38 bits per heavy atom. The fraction of sp³-hybridized carbons (Fsp3) is 0.417. The smallest absolute Gasteiger partial charge is 0.245 e. The van der Waals surface area contributed by atoms with Crippen molar-refractivity contribution in [3.05, 3.63) is 29.1 Å². The first-order valence-corrected chi connectivity index (χ1v) is 5.66. The molecule has 0 bridgehead atoms. The van der Waals surface area contributed by atoms with E-state index in [1.54, 1.807) is 30.9 Å². The van der Waals surface area contributed by atoms with E-state index in [1.165, 1.54) is 0 Å². The van der Waals surface area contributed by atoms with E-state index in [0.29, 0.717) is 24.1 Å². The van der Waals surface area contributed by atoms with Crippen molar-refractivity contribution in [2.75, 3.05) is 11.4 Å². The summed E-state index contributed by atoms with van der Waals surface area (Å²) >= 11 is 5.85. The first-order chi connectivity index (χ1) is 7.50. The molecular weight excluding hydrogens is 229 g/mol. The second-order valence-corrected chi connectivity index (χ2v) is 4.67. The summed E-state index contributed by atoms with van der Waals surface area (Å²) in [4.78, 5) is 13.3. The lowest BCUT2D eigenvalue weighted by Gasteiger charge is -2.17. The molecule has 16 heavy (non-hydrogen) atoms. The number of halogens is 2.